The Morgan fingerprint density at radius 1 is 1.46 bits per heavy atom. The summed E-state index contributed by atoms with van der Waals surface area (Å²) in [5.41, 5.74) is 0. The van der Waals surface area contributed by atoms with Gasteiger partial charge in [0.05, 0.1) is 6.61 Å². The van der Waals surface area contributed by atoms with Gasteiger partial charge in [-0.15, -0.1) is 0 Å². The van der Waals surface area contributed by atoms with Crippen LogP contribution in [0.3, 0.4) is 0 Å². The van der Waals surface area contributed by atoms with Crippen LogP contribution in [-0.4, -0.2) is 33.0 Å². The van der Waals surface area contributed by atoms with Gasteiger partial charge >= 0.3 is 6.09 Å². The summed E-state index contributed by atoms with van der Waals surface area (Å²) in [6.07, 6.45) is 0.272. The monoisotopic (exact) mass is 189 g/mol. The van der Waals surface area contributed by atoms with Crippen LogP contribution >= 0.6 is 0 Å². The van der Waals surface area contributed by atoms with Gasteiger partial charge in [0.25, 0.3) is 0 Å². The molecule has 0 fully saturated rings. The van der Waals surface area contributed by atoms with Crippen molar-refractivity contribution >= 4 is 6.09 Å². The standard InChI is InChI=1S/C9H19NO3/c1-7(2)5-8(6-12-4)13-9(11)10-3/h7-8H,5-6H2,1-4H3,(H,10,11). The van der Waals surface area contributed by atoms with Gasteiger partial charge in [-0.3, -0.25) is 0 Å². The Morgan fingerprint density at radius 3 is 2.46 bits per heavy atom. The first-order valence-electron chi connectivity index (χ1n) is 4.47. The average Bonchev–Trinajstić information content (AvgIpc) is 2.03. The molecule has 78 valence electrons. The molecular weight excluding hydrogens is 170 g/mol. The van der Waals surface area contributed by atoms with E-state index in [9.17, 15) is 4.79 Å². The maximum Gasteiger partial charge on any atom is 0.407 e. The Kier molecular flexibility index (Phi) is 6.32. The molecule has 0 aromatic rings. The summed E-state index contributed by atoms with van der Waals surface area (Å²) in [6.45, 7) is 4.61. The largest absolute Gasteiger partial charge is 0.444 e. The fraction of sp³-hybridized carbons (Fsp3) is 0.889. The predicted octanol–water partition coefficient (Wildman–Crippen LogP) is 1.40. The first kappa shape index (κ1) is 12.2. The lowest BCUT2D eigenvalue weighted by molar-refractivity contribution is 0.0295. The molecule has 4 heteroatoms. The molecule has 0 radical (unpaired) electrons. The van der Waals surface area contributed by atoms with Gasteiger partial charge in [-0.05, 0) is 12.3 Å². The average molecular weight is 189 g/mol. The van der Waals surface area contributed by atoms with Gasteiger partial charge < -0.3 is 14.8 Å². The van der Waals surface area contributed by atoms with Gasteiger partial charge in [0.1, 0.15) is 6.10 Å². The van der Waals surface area contributed by atoms with Gasteiger partial charge in [-0.25, -0.2) is 4.79 Å². The van der Waals surface area contributed by atoms with Crippen LogP contribution < -0.4 is 5.32 Å². The van der Waals surface area contributed by atoms with Crippen molar-refractivity contribution < 1.29 is 14.3 Å². The lowest BCUT2D eigenvalue weighted by Gasteiger charge is -2.18. The fourth-order valence-electron chi connectivity index (χ4n) is 1.07. The predicted molar refractivity (Wildman–Crippen MR) is 50.7 cm³/mol. The number of nitrogens with one attached hydrogen (secondary N) is 1. The zero-order valence-corrected chi connectivity index (χ0v) is 8.79. The summed E-state index contributed by atoms with van der Waals surface area (Å²) >= 11 is 0. The molecule has 0 saturated heterocycles. The Hall–Kier alpha value is -0.770. The summed E-state index contributed by atoms with van der Waals surface area (Å²) in [5.74, 6) is 0.491. The van der Waals surface area contributed by atoms with Crippen LogP contribution in [-0.2, 0) is 9.47 Å². The van der Waals surface area contributed by atoms with E-state index in [0.717, 1.165) is 6.42 Å². The number of methoxy groups -OCH3 is 1. The van der Waals surface area contributed by atoms with Gasteiger partial charge in [0, 0.05) is 14.2 Å². The molecule has 0 saturated carbocycles. The van der Waals surface area contributed by atoms with E-state index in [-0.39, 0.29) is 6.10 Å². The second-order valence-electron chi connectivity index (χ2n) is 3.36. The minimum Gasteiger partial charge on any atom is -0.444 e. The number of ether oxygens (including phenoxy) is 2. The molecule has 0 aliphatic heterocycles. The van der Waals surface area contributed by atoms with Crippen molar-refractivity contribution in [3.8, 4) is 0 Å². The smallest absolute Gasteiger partial charge is 0.407 e. The maximum absolute atomic E-state index is 10.9. The topological polar surface area (TPSA) is 47.6 Å². The molecule has 1 unspecified atom stereocenters. The van der Waals surface area contributed by atoms with Crippen molar-refractivity contribution in [1.82, 2.24) is 5.32 Å². The molecule has 0 aliphatic carbocycles. The molecule has 0 rings (SSSR count). The Labute approximate surface area is 79.6 Å². The summed E-state index contributed by atoms with van der Waals surface area (Å²) in [5, 5.41) is 2.41. The van der Waals surface area contributed by atoms with Crippen LogP contribution in [0, 0.1) is 5.92 Å². The molecule has 0 aliphatic rings. The highest BCUT2D eigenvalue weighted by molar-refractivity contribution is 5.66. The number of rotatable bonds is 5. The third kappa shape index (κ3) is 6.40. The third-order valence-corrected chi connectivity index (χ3v) is 1.56. The highest BCUT2D eigenvalue weighted by atomic mass is 16.6. The van der Waals surface area contributed by atoms with Crippen molar-refractivity contribution in [3.63, 3.8) is 0 Å². The molecule has 1 atom stereocenters. The van der Waals surface area contributed by atoms with Crippen molar-refractivity contribution in [1.29, 1.82) is 0 Å². The van der Waals surface area contributed by atoms with Crippen molar-refractivity contribution in [3.05, 3.63) is 0 Å². The number of carbonyl (C=O) groups is 1. The van der Waals surface area contributed by atoms with Gasteiger partial charge in [0.2, 0.25) is 0 Å². The fourth-order valence-corrected chi connectivity index (χ4v) is 1.07. The lowest BCUT2D eigenvalue weighted by Crippen LogP contribution is -2.29. The second kappa shape index (κ2) is 6.71. The Bertz CT molecular complexity index is 148. The van der Waals surface area contributed by atoms with E-state index >= 15 is 0 Å². The highest BCUT2D eigenvalue weighted by Gasteiger charge is 2.14. The Balaban J connectivity index is 3.86. The molecule has 0 aromatic heterocycles. The molecule has 0 aromatic carbocycles. The second-order valence-corrected chi connectivity index (χ2v) is 3.36. The van der Waals surface area contributed by atoms with Crippen LogP contribution in [0.4, 0.5) is 4.79 Å². The van der Waals surface area contributed by atoms with Crippen LogP contribution in [0.2, 0.25) is 0 Å². The van der Waals surface area contributed by atoms with Gasteiger partial charge in [0.15, 0.2) is 0 Å². The van der Waals surface area contributed by atoms with E-state index in [0.29, 0.717) is 12.5 Å². The molecule has 13 heavy (non-hydrogen) atoms. The van der Waals surface area contributed by atoms with Crippen molar-refractivity contribution in [2.45, 2.75) is 26.4 Å². The summed E-state index contributed by atoms with van der Waals surface area (Å²) in [7, 11) is 3.14. The van der Waals surface area contributed by atoms with Crippen LogP contribution in [0.1, 0.15) is 20.3 Å². The van der Waals surface area contributed by atoms with E-state index in [1.54, 1.807) is 14.2 Å². The number of alkyl carbamates (subject to hydrolysis) is 1. The van der Waals surface area contributed by atoms with E-state index in [1.165, 1.54) is 0 Å². The maximum atomic E-state index is 10.9. The summed E-state index contributed by atoms with van der Waals surface area (Å²) < 4.78 is 10.0. The van der Waals surface area contributed by atoms with Gasteiger partial charge in [-0.1, -0.05) is 13.8 Å². The first-order chi connectivity index (χ1) is 6.10. The van der Waals surface area contributed by atoms with E-state index < -0.39 is 6.09 Å². The van der Waals surface area contributed by atoms with Crippen LogP contribution in [0.25, 0.3) is 0 Å². The quantitative estimate of drug-likeness (QED) is 0.711. The molecule has 0 heterocycles. The molecule has 0 spiro atoms. The number of hydrogen-bond acceptors (Lipinski definition) is 3. The molecule has 4 nitrogen and oxygen atoms in total. The highest BCUT2D eigenvalue weighted by Crippen LogP contribution is 2.08. The zero-order chi connectivity index (χ0) is 10.3. The van der Waals surface area contributed by atoms with Gasteiger partial charge in [-0.2, -0.15) is 0 Å². The molecular formula is C9H19NO3. The molecule has 0 bridgehead atoms. The molecule has 1 N–H and O–H groups in total. The summed E-state index contributed by atoms with van der Waals surface area (Å²) in [4.78, 5) is 10.9. The zero-order valence-electron chi connectivity index (χ0n) is 8.79. The summed E-state index contributed by atoms with van der Waals surface area (Å²) in [6, 6.07) is 0. The minimum absolute atomic E-state index is 0.148. The van der Waals surface area contributed by atoms with E-state index in [1.807, 2.05) is 0 Å². The minimum atomic E-state index is -0.400. The van der Waals surface area contributed by atoms with Crippen molar-refractivity contribution in [2.75, 3.05) is 20.8 Å². The number of amides is 1. The van der Waals surface area contributed by atoms with Crippen molar-refractivity contribution in [2.24, 2.45) is 5.92 Å². The first-order valence-corrected chi connectivity index (χ1v) is 4.47. The molecule has 1 amide bonds. The number of hydrogen-bond donors (Lipinski definition) is 1. The van der Waals surface area contributed by atoms with Crippen LogP contribution in [0.5, 0.6) is 0 Å². The van der Waals surface area contributed by atoms with E-state index in [4.69, 9.17) is 9.47 Å². The van der Waals surface area contributed by atoms with E-state index in [2.05, 4.69) is 19.2 Å². The number of carbonyl (C=O) groups excluding carboxylic acids is 1. The normalized spacial score (nSPS) is 12.7. The SMILES string of the molecule is CNC(=O)OC(COC)CC(C)C. The lowest BCUT2D eigenvalue weighted by atomic mass is 10.1. The Morgan fingerprint density at radius 2 is 2.08 bits per heavy atom. The van der Waals surface area contributed by atoms with Crippen LogP contribution in [0.15, 0.2) is 0 Å². The third-order valence-electron chi connectivity index (χ3n) is 1.56.